The van der Waals surface area contributed by atoms with E-state index in [2.05, 4.69) is 29.7 Å². The van der Waals surface area contributed by atoms with Crippen LogP contribution in [-0.2, 0) is 6.42 Å². The van der Waals surface area contributed by atoms with Crippen LogP contribution in [0.4, 0.5) is 0 Å². The van der Waals surface area contributed by atoms with E-state index in [9.17, 15) is 0 Å². The minimum atomic E-state index is 0.139. The molecule has 0 bridgehead atoms. The van der Waals surface area contributed by atoms with Gasteiger partial charge in [0.1, 0.15) is 5.75 Å². The molecule has 0 radical (unpaired) electrons. The van der Waals surface area contributed by atoms with Crippen molar-refractivity contribution in [2.24, 2.45) is 5.84 Å². The molecular formula is C14H18N2OS. The summed E-state index contributed by atoms with van der Waals surface area (Å²) < 4.78 is 5.34. The van der Waals surface area contributed by atoms with E-state index in [-0.39, 0.29) is 6.04 Å². The highest BCUT2D eigenvalue weighted by Crippen LogP contribution is 2.32. The average Bonchev–Trinajstić information content (AvgIpc) is 2.89. The number of thiophene rings is 1. The highest BCUT2D eigenvalue weighted by Gasteiger charge is 2.16. The largest absolute Gasteiger partial charge is 0.496 e. The normalized spacial score (nSPS) is 12.3. The molecule has 1 atom stereocenters. The van der Waals surface area contributed by atoms with Crippen LogP contribution in [0.15, 0.2) is 41.8 Å². The zero-order valence-corrected chi connectivity index (χ0v) is 11.2. The maximum atomic E-state index is 5.65. The summed E-state index contributed by atoms with van der Waals surface area (Å²) in [5.74, 6) is 6.57. The van der Waals surface area contributed by atoms with Crippen molar-refractivity contribution in [2.75, 3.05) is 7.11 Å². The van der Waals surface area contributed by atoms with Gasteiger partial charge < -0.3 is 4.74 Å². The first kappa shape index (κ1) is 13.1. The van der Waals surface area contributed by atoms with Gasteiger partial charge >= 0.3 is 0 Å². The molecule has 0 aliphatic rings. The fraction of sp³-hybridized carbons (Fsp3) is 0.286. The van der Waals surface area contributed by atoms with Crippen molar-refractivity contribution in [1.29, 1.82) is 0 Å². The van der Waals surface area contributed by atoms with Crippen LogP contribution in [0.2, 0.25) is 0 Å². The molecule has 1 aromatic carbocycles. The number of benzene rings is 1. The van der Waals surface area contributed by atoms with E-state index in [4.69, 9.17) is 10.6 Å². The van der Waals surface area contributed by atoms with Gasteiger partial charge in [-0.25, -0.2) is 0 Å². The summed E-state index contributed by atoms with van der Waals surface area (Å²) >= 11 is 1.67. The molecule has 1 heterocycles. The van der Waals surface area contributed by atoms with Gasteiger partial charge in [-0.05, 0) is 29.9 Å². The minimum absolute atomic E-state index is 0.139. The molecule has 0 spiro atoms. The molecule has 0 fully saturated rings. The van der Waals surface area contributed by atoms with Crippen molar-refractivity contribution in [3.63, 3.8) is 0 Å². The van der Waals surface area contributed by atoms with Crippen LogP contribution < -0.4 is 16.0 Å². The minimum Gasteiger partial charge on any atom is -0.496 e. The second-order valence-electron chi connectivity index (χ2n) is 4.10. The molecule has 0 saturated carbocycles. The van der Waals surface area contributed by atoms with E-state index < -0.39 is 0 Å². The summed E-state index contributed by atoms with van der Waals surface area (Å²) in [6.45, 7) is 0. The first-order valence-electron chi connectivity index (χ1n) is 5.96. The van der Waals surface area contributed by atoms with Crippen LogP contribution >= 0.6 is 11.3 Å². The number of hydrogen-bond acceptors (Lipinski definition) is 4. The van der Waals surface area contributed by atoms with Gasteiger partial charge in [0, 0.05) is 0 Å². The summed E-state index contributed by atoms with van der Waals surface area (Å²) in [6, 6.07) is 12.5. The molecule has 3 N–H and O–H groups in total. The zero-order chi connectivity index (χ0) is 12.8. The molecule has 0 aliphatic heterocycles. The number of hydrogen-bond donors (Lipinski definition) is 2. The third-order valence-electron chi connectivity index (χ3n) is 2.96. The number of nitrogens with two attached hydrogens (primary N) is 1. The Morgan fingerprint density at radius 3 is 2.72 bits per heavy atom. The van der Waals surface area contributed by atoms with Crippen molar-refractivity contribution in [2.45, 2.75) is 18.9 Å². The predicted octanol–water partition coefficient (Wildman–Crippen LogP) is 2.89. The Labute approximate surface area is 112 Å². The van der Waals surface area contributed by atoms with Gasteiger partial charge in [0.15, 0.2) is 0 Å². The van der Waals surface area contributed by atoms with Crippen LogP contribution in [0.25, 0.3) is 0 Å². The zero-order valence-electron chi connectivity index (χ0n) is 10.4. The van der Waals surface area contributed by atoms with Gasteiger partial charge in [-0.2, -0.15) is 0 Å². The fourth-order valence-corrected chi connectivity index (χ4v) is 2.93. The van der Waals surface area contributed by atoms with E-state index in [0.717, 1.165) is 23.5 Å². The van der Waals surface area contributed by atoms with Crippen LogP contribution in [-0.4, -0.2) is 7.11 Å². The second-order valence-corrected chi connectivity index (χ2v) is 5.04. The quantitative estimate of drug-likeness (QED) is 0.621. The van der Waals surface area contributed by atoms with Gasteiger partial charge in [-0.3, -0.25) is 11.3 Å². The number of aryl methyl sites for hydroxylation is 1. The standard InChI is InChI=1S/C14H18N2OS/c1-17-13-9-10-18-14(13)12(16-15)8-7-11-5-3-2-4-6-11/h2-6,9-10,12,16H,7-8,15H2,1H3. The number of methoxy groups -OCH3 is 1. The maximum Gasteiger partial charge on any atom is 0.134 e. The Morgan fingerprint density at radius 1 is 1.28 bits per heavy atom. The van der Waals surface area contributed by atoms with Gasteiger partial charge in [0.2, 0.25) is 0 Å². The lowest BCUT2D eigenvalue weighted by atomic mass is 10.0. The van der Waals surface area contributed by atoms with Gasteiger partial charge in [-0.1, -0.05) is 30.3 Å². The maximum absolute atomic E-state index is 5.65. The monoisotopic (exact) mass is 262 g/mol. The Kier molecular flexibility index (Phi) is 4.75. The summed E-state index contributed by atoms with van der Waals surface area (Å²) in [6.07, 6.45) is 1.95. The Hall–Kier alpha value is -1.36. The Balaban J connectivity index is 2.02. The van der Waals surface area contributed by atoms with Crippen LogP contribution in [0.1, 0.15) is 22.9 Å². The lowest BCUT2D eigenvalue weighted by Gasteiger charge is -2.15. The molecule has 1 aromatic heterocycles. The summed E-state index contributed by atoms with van der Waals surface area (Å²) in [4.78, 5) is 1.16. The summed E-state index contributed by atoms with van der Waals surface area (Å²) in [7, 11) is 1.69. The molecular weight excluding hydrogens is 244 g/mol. The molecule has 96 valence electrons. The Morgan fingerprint density at radius 2 is 2.06 bits per heavy atom. The molecule has 18 heavy (non-hydrogen) atoms. The second kappa shape index (κ2) is 6.54. The number of ether oxygens (including phenoxy) is 1. The number of hydrazine groups is 1. The molecule has 4 heteroatoms. The van der Waals surface area contributed by atoms with Gasteiger partial charge in [0.05, 0.1) is 18.0 Å². The molecule has 1 unspecified atom stereocenters. The topological polar surface area (TPSA) is 47.3 Å². The van der Waals surface area contributed by atoms with Crippen molar-refractivity contribution in [1.82, 2.24) is 5.43 Å². The lowest BCUT2D eigenvalue weighted by molar-refractivity contribution is 0.400. The van der Waals surface area contributed by atoms with Crippen molar-refractivity contribution in [3.05, 3.63) is 52.2 Å². The third-order valence-corrected chi connectivity index (χ3v) is 3.97. The van der Waals surface area contributed by atoms with E-state index in [1.165, 1.54) is 5.56 Å². The first-order valence-corrected chi connectivity index (χ1v) is 6.84. The predicted molar refractivity (Wildman–Crippen MR) is 75.7 cm³/mol. The smallest absolute Gasteiger partial charge is 0.134 e. The van der Waals surface area contributed by atoms with Gasteiger partial charge in [-0.15, -0.1) is 11.3 Å². The van der Waals surface area contributed by atoms with E-state index in [0.29, 0.717) is 0 Å². The SMILES string of the molecule is COc1ccsc1C(CCc1ccccc1)NN. The van der Waals surface area contributed by atoms with Crippen LogP contribution in [0, 0.1) is 0 Å². The number of nitrogens with one attached hydrogen (secondary N) is 1. The molecule has 3 nitrogen and oxygen atoms in total. The van der Waals surface area contributed by atoms with Crippen LogP contribution in [0.5, 0.6) is 5.75 Å². The highest BCUT2D eigenvalue weighted by atomic mass is 32.1. The van der Waals surface area contributed by atoms with E-state index in [1.54, 1.807) is 18.4 Å². The molecule has 0 amide bonds. The van der Waals surface area contributed by atoms with Crippen LogP contribution in [0.3, 0.4) is 0 Å². The van der Waals surface area contributed by atoms with E-state index in [1.807, 2.05) is 17.5 Å². The highest BCUT2D eigenvalue weighted by molar-refractivity contribution is 7.10. The molecule has 2 aromatic rings. The lowest BCUT2D eigenvalue weighted by Crippen LogP contribution is -2.28. The van der Waals surface area contributed by atoms with Gasteiger partial charge in [0.25, 0.3) is 0 Å². The number of rotatable bonds is 6. The first-order chi connectivity index (χ1) is 8.85. The molecule has 2 rings (SSSR count). The van der Waals surface area contributed by atoms with Crippen molar-refractivity contribution < 1.29 is 4.74 Å². The van der Waals surface area contributed by atoms with Crippen molar-refractivity contribution >= 4 is 11.3 Å². The molecule has 0 saturated heterocycles. The van der Waals surface area contributed by atoms with E-state index >= 15 is 0 Å². The van der Waals surface area contributed by atoms with Crippen molar-refractivity contribution in [3.8, 4) is 5.75 Å². The Bertz CT molecular complexity index is 470. The fourth-order valence-electron chi connectivity index (χ4n) is 1.98. The third kappa shape index (κ3) is 3.10. The summed E-state index contributed by atoms with van der Waals surface area (Å²) in [5, 5.41) is 2.03. The molecule has 0 aliphatic carbocycles. The summed E-state index contributed by atoms with van der Waals surface area (Å²) in [5.41, 5.74) is 4.21. The average molecular weight is 262 g/mol.